The molecular formula is C7H16O5. The standard InChI is InChI=1S/C7H16O5/c1-5(10)7(11)6(4-9)12-3-2-8/h5-11H,2-4H2,1H3. The van der Waals surface area contributed by atoms with E-state index in [2.05, 4.69) is 0 Å². The summed E-state index contributed by atoms with van der Waals surface area (Å²) in [6.45, 7) is 0.875. The largest absolute Gasteiger partial charge is 0.394 e. The van der Waals surface area contributed by atoms with Gasteiger partial charge in [-0.05, 0) is 6.92 Å². The van der Waals surface area contributed by atoms with Crippen molar-refractivity contribution < 1.29 is 25.2 Å². The summed E-state index contributed by atoms with van der Waals surface area (Å²) in [6.07, 6.45) is -2.92. The van der Waals surface area contributed by atoms with Crippen LogP contribution in [-0.4, -0.2) is 58.6 Å². The van der Waals surface area contributed by atoms with Crippen molar-refractivity contribution in [3.8, 4) is 0 Å². The van der Waals surface area contributed by atoms with E-state index in [1.165, 1.54) is 6.92 Å². The summed E-state index contributed by atoms with van der Waals surface area (Å²) in [5.74, 6) is 0. The van der Waals surface area contributed by atoms with E-state index in [9.17, 15) is 5.11 Å². The second kappa shape index (κ2) is 6.33. The minimum absolute atomic E-state index is 0.0367. The van der Waals surface area contributed by atoms with E-state index >= 15 is 0 Å². The molecule has 0 radical (unpaired) electrons. The molecule has 0 aliphatic rings. The molecule has 0 aromatic heterocycles. The van der Waals surface area contributed by atoms with Gasteiger partial charge < -0.3 is 25.2 Å². The zero-order chi connectivity index (χ0) is 9.56. The van der Waals surface area contributed by atoms with Gasteiger partial charge in [0, 0.05) is 0 Å². The van der Waals surface area contributed by atoms with Crippen LogP contribution in [0, 0.1) is 0 Å². The fraction of sp³-hybridized carbons (Fsp3) is 1.00. The monoisotopic (exact) mass is 180 g/mol. The van der Waals surface area contributed by atoms with Gasteiger partial charge in [-0.1, -0.05) is 0 Å². The molecule has 0 aliphatic carbocycles. The fourth-order valence-corrected chi connectivity index (χ4v) is 0.774. The molecule has 5 nitrogen and oxygen atoms in total. The maximum atomic E-state index is 9.20. The summed E-state index contributed by atoms with van der Waals surface area (Å²) >= 11 is 0. The third-order valence-electron chi connectivity index (χ3n) is 1.48. The number of rotatable bonds is 6. The van der Waals surface area contributed by atoms with Crippen LogP contribution in [0.5, 0.6) is 0 Å². The highest BCUT2D eigenvalue weighted by Gasteiger charge is 2.23. The second-order valence-corrected chi connectivity index (χ2v) is 2.55. The zero-order valence-electron chi connectivity index (χ0n) is 7.05. The molecule has 3 unspecified atom stereocenters. The Morgan fingerprint density at radius 3 is 2.17 bits per heavy atom. The van der Waals surface area contributed by atoms with E-state index in [0.29, 0.717) is 0 Å². The van der Waals surface area contributed by atoms with Crippen LogP contribution in [0.3, 0.4) is 0 Å². The Balaban J connectivity index is 3.79. The number of hydrogen-bond acceptors (Lipinski definition) is 5. The van der Waals surface area contributed by atoms with Crippen LogP contribution in [0.1, 0.15) is 6.92 Å². The van der Waals surface area contributed by atoms with Crippen molar-refractivity contribution in [3.63, 3.8) is 0 Å². The average Bonchev–Trinajstić information content (AvgIpc) is 2.05. The minimum Gasteiger partial charge on any atom is -0.394 e. The molecule has 0 heterocycles. The van der Waals surface area contributed by atoms with Gasteiger partial charge in [0.05, 0.1) is 25.9 Å². The maximum Gasteiger partial charge on any atom is 0.109 e. The number of hydrogen-bond donors (Lipinski definition) is 4. The first kappa shape index (κ1) is 11.8. The smallest absolute Gasteiger partial charge is 0.109 e. The molecule has 0 bridgehead atoms. The van der Waals surface area contributed by atoms with Crippen molar-refractivity contribution in [2.24, 2.45) is 0 Å². The van der Waals surface area contributed by atoms with Crippen LogP contribution in [0.25, 0.3) is 0 Å². The molecule has 0 aromatic rings. The van der Waals surface area contributed by atoms with Crippen LogP contribution < -0.4 is 0 Å². The Labute approximate surface area is 71.2 Å². The van der Waals surface area contributed by atoms with Crippen molar-refractivity contribution >= 4 is 0 Å². The van der Waals surface area contributed by atoms with Gasteiger partial charge in [0.2, 0.25) is 0 Å². The van der Waals surface area contributed by atoms with E-state index in [1.807, 2.05) is 0 Å². The summed E-state index contributed by atoms with van der Waals surface area (Å²) in [7, 11) is 0. The van der Waals surface area contributed by atoms with Crippen molar-refractivity contribution in [1.29, 1.82) is 0 Å². The van der Waals surface area contributed by atoms with Gasteiger partial charge in [0.25, 0.3) is 0 Å². The highest BCUT2D eigenvalue weighted by Crippen LogP contribution is 2.03. The van der Waals surface area contributed by atoms with E-state index in [4.69, 9.17) is 20.1 Å². The summed E-state index contributed by atoms with van der Waals surface area (Å²) in [6, 6.07) is 0. The highest BCUT2D eigenvalue weighted by molar-refractivity contribution is 4.72. The van der Waals surface area contributed by atoms with Crippen molar-refractivity contribution in [2.45, 2.75) is 25.2 Å². The number of aliphatic hydroxyl groups excluding tert-OH is 4. The summed E-state index contributed by atoms with van der Waals surface area (Å²) < 4.78 is 4.85. The summed E-state index contributed by atoms with van der Waals surface area (Å²) in [4.78, 5) is 0. The van der Waals surface area contributed by atoms with Crippen LogP contribution >= 0.6 is 0 Å². The van der Waals surface area contributed by atoms with Gasteiger partial charge in [-0.25, -0.2) is 0 Å². The lowest BCUT2D eigenvalue weighted by Crippen LogP contribution is -2.40. The van der Waals surface area contributed by atoms with E-state index in [0.717, 1.165) is 0 Å². The van der Waals surface area contributed by atoms with Crippen LogP contribution in [0.2, 0.25) is 0 Å². The highest BCUT2D eigenvalue weighted by atomic mass is 16.5. The minimum atomic E-state index is -1.12. The molecule has 12 heavy (non-hydrogen) atoms. The van der Waals surface area contributed by atoms with Gasteiger partial charge >= 0.3 is 0 Å². The molecule has 0 saturated carbocycles. The zero-order valence-corrected chi connectivity index (χ0v) is 7.05. The van der Waals surface area contributed by atoms with Crippen LogP contribution in [-0.2, 0) is 4.74 Å². The molecule has 0 aliphatic heterocycles. The molecule has 74 valence electrons. The number of aliphatic hydroxyl groups is 4. The third-order valence-corrected chi connectivity index (χ3v) is 1.48. The molecule has 0 rings (SSSR count). The molecule has 5 heteroatoms. The van der Waals surface area contributed by atoms with Crippen LogP contribution in [0.4, 0.5) is 0 Å². The van der Waals surface area contributed by atoms with E-state index < -0.39 is 18.3 Å². The lowest BCUT2D eigenvalue weighted by atomic mass is 10.1. The molecule has 3 atom stereocenters. The lowest BCUT2D eigenvalue weighted by molar-refractivity contribution is -0.107. The Hall–Kier alpha value is -0.200. The quantitative estimate of drug-likeness (QED) is 0.383. The van der Waals surface area contributed by atoms with Gasteiger partial charge in [0.1, 0.15) is 12.2 Å². The molecule has 0 spiro atoms. The molecular weight excluding hydrogens is 164 g/mol. The van der Waals surface area contributed by atoms with Crippen molar-refractivity contribution in [3.05, 3.63) is 0 Å². The Kier molecular flexibility index (Phi) is 6.23. The van der Waals surface area contributed by atoms with Crippen molar-refractivity contribution in [1.82, 2.24) is 0 Å². The second-order valence-electron chi connectivity index (χ2n) is 2.55. The summed E-state index contributed by atoms with van der Waals surface area (Å²) in [5, 5.41) is 35.2. The first-order valence-electron chi connectivity index (χ1n) is 3.83. The topological polar surface area (TPSA) is 90.2 Å². The van der Waals surface area contributed by atoms with Crippen molar-refractivity contribution in [2.75, 3.05) is 19.8 Å². The van der Waals surface area contributed by atoms with E-state index in [-0.39, 0.29) is 19.8 Å². The van der Waals surface area contributed by atoms with Gasteiger partial charge in [0.15, 0.2) is 0 Å². The van der Waals surface area contributed by atoms with Gasteiger partial charge in [-0.15, -0.1) is 0 Å². The molecule has 0 aromatic carbocycles. The lowest BCUT2D eigenvalue weighted by Gasteiger charge is -2.22. The first-order valence-corrected chi connectivity index (χ1v) is 3.83. The predicted octanol–water partition coefficient (Wildman–Crippen LogP) is -1.90. The summed E-state index contributed by atoms with van der Waals surface area (Å²) in [5.41, 5.74) is 0. The normalized spacial score (nSPS) is 18.8. The molecule has 0 saturated heterocycles. The van der Waals surface area contributed by atoms with E-state index in [1.54, 1.807) is 0 Å². The molecule has 0 fully saturated rings. The fourth-order valence-electron chi connectivity index (χ4n) is 0.774. The van der Waals surface area contributed by atoms with Crippen LogP contribution in [0.15, 0.2) is 0 Å². The first-order chi connectivity index (χ1) is 5.63. The third kappa shape index (κ3) is 3.99. The number of ether oxygens (including phenoxy) is 1. The molecule has 4 N–H and O–H groups in total. The Bertz CT molecular complexity index is 106. The Morgan fingerprint density at radius 2 is 1.83 bits per heavy atom. The Morgan fingerprint density at radius 1 is 1.25 bits per heavy atom. The average molecular weight is 180 g/mol. The SMILES string of the molecule is CC(O)C(O)C(CO)OCCO. The van der Waals surface area contributed by atoms with Gasteiger partial charge in [-0.3, -0.25) is 0 Å². The molecule has 0 amide bonds. The van der Waals surface area contributed by atoms with Gasteiger partial charge in [-0.2, -0.15) is 0 Å². The maximum absolute atomic E-state index is 9.20. The predicted molar refractivity (Wildman–Crippen MR) is 41.6 cm³/mol.